The molecule has 0 aromatic heterocycles. The molecular weight excluding hydrogens is 287 g/mol. The van der Waals surface area contributed by atoms with E-state index in [1.165, 1.54) is 42.7 Å². The first-order valence-electron chi connectivity index (χ1n) is 8.40. The molecule has 0 radical (unpaired) electrons. The fourth-order valence-electron chi connectivity index (χ4n) is 2.70. The molecule has 0 atom stereocenters. The van der Waals surface area contributed by atoms with Gasteiger partial charge in [0.25, 0.3) is 0 Å². The number of benzene rings is 2. The van der Waals surface area contributed by atoms with Gasteiger partial charge in [-0.3, -0.25) is 0 Å². The average molecular weight is 312 g/mol. The number of hydrogen-bond acceptors (Lipinski definition) is 1. The lowest BCUT2D eigenvalue weighted by Crippen LogP contribution is -2.20. The van der Waals surface area contributed by atoms with E-state index in [1.54, 1.807) is 0 Å². The van der Waals surface area contributed by atoms with Gasteiger partial charge in [0, 0.05) is 8.15 Å². The standard InChI is InChI=1S/C20H25OP/c1-3-8-18(9-4-1)14-16-22(21-20-12-7-13-20)17-15-19-10-5-2-6-11-19/h1-6,8-11,20H,7,12-17H2. The molecule has 116 valence electrons. The molecule has 2 heteroatoms. The van der Waals surface area contributed by atoms with E-state index in [0.717, 1.165) is 12.8 Å². The summed E-state index contributed by atoms with van der Waals surface area (Å²) in [5, 5.41) is 0. The van der Waals surface area contributed by atoms with Crippen LogP contribution in [0, 0.1) is 0 Å². The SMILES string of the molecule is c1ccc(CCP(CCc2ccccc2)OC2CCC2)cc1. The number of hydrogen-bond donors (Lipinski definition) is 0. The summed E-state index contributed by atoms with van der Waals surface area (Å²) in [6.45, 7) is 0. The summed E-state index contributed by atoms with van der Waals surface area (Å²) in [6.07, 6.45) is 9.14. The summed E-state index contributed by atoms with van der Waals surface area (Å²) < 4.78 is 6.39. The van der Waals surface area contributed by atoms with Crippen molar-refractivity contribution in [1.82, 2.24) is 0 Å². The molecule has 0 aliphatic heterocycles. The molecule has 0 bridgehead atoms. The van der Waals surface area contributed by atoms with E-state index in [-0.39, 0.29) is 8.15 Å². The lowest BCUT2D eigenvalue weighted by Gasteiger charge is -2.30. The second-order valence-electron chi connectivity index (χ2n) is 6.06. The fourth-order valence-corrected chi connectivity index (χ4v) is 4.78. The second-order valence-corrected chi connectivity index (χ2v) is 8.13. The van der Waals surface area contributed by atoms with E-state index >= 15 is 0 Å². The maximum Gasteiger partial charge on any atom is 0.0617 e. The maximum absolute atomic E-state index is 6.39. The summed E-state index contributed by atoms with van der Waals surface area (Å²) >= 11 is 0. The molecule has 0 amide bonds. The largest absolute Gasteiger partial charge is 0.356 e. The monoisotopic (exact) mass is 312 g/mol. The van der Waals surface area contributed by atoms with Crippen LogP contribution in [0.15, 0.2) is 60.7 Å². The van der Waals surface area contributed by atoms with Crippen LogP contribution in [0.3, 0.4) is 0 Å². The molecule has 3 rings (SSSR count). The molecule has 0 heterocycles. The first kappa shape index (κ1) is 15.7. The smallest absolute Gasteiger partial charge is 0.0617 e. The van der Waals surface area contributed by atoms with Crippen molar-refractivity contribution in [2.45, 2.75) is 38.2 Å². The van der Waals surface area contributed by atoms with Crippen molar-refractivity contribution in [3.8, 4) is 0 Å². The first-order valence-corrected chi connectivity index (χ1v) is 10.0. The van der Waals surface area contributed by atoms with Crippen LogP contribution in [0.25, 0.3) is 0 Å². The van der Waals surface area contributed by atoms with Gasteiger partial charge in [-0.15, -0.1) is 0 Å². The molecule has 1 aliphatic carbocycles. The Bertz CT molecular complexity index is 493. The van der Waals surface area contributed by atoms with Crippen molar-refractivity contribution in [2.24, 2.45) is 0 Å². The zero-order valence-electron chi connectivity index (χ0n) is 13.2. The van der Waals surface area contributed by atoms with E-state index in [2.05, 4.69) is 60.7 Å². The van der Waals surface area contributed by atoms with Gasteiger partial charge in [0.15, 0.2) is 0 Å². The molecule has 1 saturated carbocycles. The Labute approximate surface area is 135 Å². The molecule has 2 aromatic carbocycles. The van der Waals surface area contributed by atoms with Crippen LogP contribution in [-0.2, 0) is 17.4 Å². The highest BCUT2D eigenvalue weighted by Gasteiger charge is 2.22. The van der Waals surface area contributed by atoms with Crippen LogP contribution in [0.4, 0.5) is 0 Å². The molecule has 0 N–H and O–H groups in total. The van der Waals surface area contributed by atoms with Crippen molar-refractivity contribution < 1.29 is 4.52 Å². The zero-order chi connectivity index (χ0) is 15.0. The fraction of sp³-hybridized carbons (Fsp3) is 0.400. The Morgan fingerprint density at radius 1 is 0.773 bits per heavy atom. The number of rotatable bonds is 8. The summed E-state index contributed by atoms with van der Waals surface area (Å²) in [5.74, 6) is 0. The minimum Gasteiger partial charge on any atom is -0.356 e. The first-order chi connectivity index (χ1) is 10.9. The minimum absolute atomic E-state index is 0.302. The summed E-state index contributed by atoms with van der Waals surface area (Å²) in [4.78, 5) is 0. The second kappa shape index (κ2) is 8.46. The van der Waals surface area contributed by atoms with Gasteiger partial charge in [-0.2, -0.15) is 0 Å². The van der Waals surface area contributed by atoms with E-state index in [1.807, 2.05) is 0 Å². The van der Waals surface area contributed by atoms with E-state index in [9.17, 15) is 0 Å². The quantitative estimate of drug-likeness (QED) is 0.590. The lowest BCUT2D eigenvalue weighted by molar-refractivity contribution is 0.136. The van der Waals surface area contributed by atoms with Gasteiger partial charge in [0.05, 0.1) is 6.10 Å². The third kappa shape index (κ3) is 4.93. The van der Waals surface area contributed by atoms with Crippen LogP contribution < -0.4 is 0 Å². The van der Waals surface area contributed by atoms with Crippen molar-refractivity contribution in [1.29, 1.82) is 0 Å². The summed E-state index contributed by atoms with van der Waals surface area (Å²) in [6, 6.07) is 21.6. The Balaban J connectivity index is 1.52. The van der Waals surface area contributed by atoms with Gasteiger partial charge < -0.3 is 4.52 Å². The van der Waals surface area contributed by atoms with Crippen molar-refractivity contribution in [2.75, 3.05) is 12.3 Å². The number of aryl methyl sites for hydroxylation is 2. The third-order valence-electron chi connectivity index (χ3n) is 4.34. The Morgan fingerprint density at radius 3 is 1.68 bits per heavy atom. The van der Waals surface area contributed by atoms with Crippen LogP contribution >= 0.6 is 8.15 Å². The highest BCUT2D eigenvalue weighted by Crippen LogP contribution is 2.43. The van der Waals surface area contributed by atoms with Gasteiger partial charge in [0.1, 0.15) is 0 Å². The van der Waals surface area contributed by atoms with Gasteiger partial charge in [0.2, 0.25) is 0 Å². The molecule has 1 aliphatic rings. The zero-order valence-corrected chi connectivity index (χ0v) is 14.1. The highest BCUT2D eigenvalue weighted by molar-refractivity contribution is 7.52. The van der Waals surface area contributed by atoms with E-state index in [0.29, 0.717) is 6.10 Å². The molecule has 1 fully saturated rings. The molecule has 0 unspecified atom stereocenters. The van der Waals surface area contributed by atoms with E-state index in [4.69, 9.17) is 4.52 Å². The highest BCUT2D eigenvalue weighted by atomic mass is 31.1. The van der Waals surface area contributed by atoms with Crippen LogP contribution in [-0.4, -0.2) is 18.4 Å². The Kier molecular flexibility index (Phi) is 6.04. The molecule has 22 heavy (non-hydrogen) atoms. The van der Waals surface area contributed by atoms with Crippen LogP contribution in [0.5, 0.6) is 0 Å². The molecule has 0 spiro atoms. The Hall–Kier alpha value is -1.17. The topological polar surface area (TPSA) is 9.23 Å². The normalized spacial score (nSPS) is 15.0. The average Bonchev–Trinajstić information content (AvgIpc) is 2.54. The summed E-state index contributed by atoms with van der Waals surface area (Å²) in [5.41, 5.74) is 2.87. The molecular formula is C20H25OP. The van der Waals surface area contributed by atoms with Gasteiger partial charge in [-0.25, -0.2) is 0 Å². The molecule has 2 aromatic rings. The predicted molar refractivity (Wildman–Crippen MR) is 95.7 cm³/mol. The Morgan fingerprint density at radius 2 is 1.27 bits per heavy atom. The maximum atomic E-state index is 6.39. The van der Waals surface area contributed by atoms with E-state index < -0.39 is 0 Å². The summed E-state index contributed by atoms with van der Waals surface area (Å²) in [7, 11) is -0.302. The molecule has 0 saturated heterocycles. The lowest BCUT2D eigenvalue weighted by atomic mass is 9.97. The third-order valence-corrected chi connectivity index (χ3v) is 6.38. The van der Waals surface area contributed by atoms with Crippen molar-refractivity contribution in [3.05, 3.63) is 71.8 Å². The van der Waals surface area contributed by atoms with Crippen molar-refractivity contribution >= 4 is 8.15 Å². The van der Waals surface area contributed by atoms with Gasteiger partial charge >= 0.3 is 0 Å². The van der Waals surface area contributed by atoms with Gasteiger partial charge in [-0.1, -0.05) is 60.7 Å². The van der Waals surface area contributed by atoms with Crippen LogP contribution in [0.1, 0.15) is 30.4 Å². The van der Waals surface area contributed by atoms with Crippen LogP contribution in [0.2, 0.25) is 0 Å². The van der Waals surface area contributed by atoms with Gasteiger partial charge in [-0.05, 0) is 55.6 Å². The minimum atomic E-state index is -0.302. The van der Waals surface area contributed by atoms with Crippen molar-refractivity contribution in [3.63, 3.8) is 0 Å². The molecule has 1 nitrogen and oxygen atoms in total. The predicted octanol–water partition coefficient (Wildman–Crippen LogP) is 5.44.